The zero-order chi connectivity index (χ0) is 17.7. The van der Waals surface area contributed by atoms with Crippen molar-refractivity contribution in [2.24, 2.45) is 5.73 Å². The molecule has 0 aliphatic heterocycles. The van der Waals surface area contributed by atoms with E-state index in [1.54, 1.807) is 0 Å². The maximum atomic E-state index is 10.8. The fourth-order valence-corrected chi connectivity index (χ4v) is 4.18. The Morgan fingerprint density at radius 3 is 2.30 bits per heavy atom. The Morgan fingerprint density at radius 2 is 1.83 bits per heavy atom. The third-order valence-corrected chi connectivity index (χ3v) is 9.92. The van der Waals surface area contributed by atoms with E-state index in [1.165, 1.54) is 11.8 Å². The van der Waals surface area contributed by atoms with Gasteiger partial charge >= 0.3 is 5.97 Å². The lowest BCUT2D eigenvalue weighted by Crippen LogP contribution is -2.42. The molecular weight excluding hydrogens is 326 g/mol. The normalized spacial score (nSPS) is 15.2. The minimum Gasteiger partial charge on any atom is -0.480 e. The van der Waals surface area contributed by atoms with E-state index >= 15 is 0 Å². The van der Waals surface area contributed by atoms with Gasteiger partial charge in [-0.3, -0.25) is 4.79 Å². The molecule has 0 radical (unpaired) electrons. The molecule has 0 aliphatic rings. The van der Waals surface area contributed by atoms with E-state index in [4.69, 9.17) is 15.3 Å². The average molecular weight is 356 g/mol. The van der Waals surface area contributed by atoms with E-state index in [9.17, 15) is 4.79 Å². The topological polar surface area (TPSA) is 72.5 Å². The van der Waals surface area contributed by atoms with Crippen LogP contribution in [0.2, 0.25) is 18.1 Å². The molecule has 1 unspecified atom stereocenters. The molecule has 0 saturated heterocycles. The fourth-order valence-electron chi connectivity index (χ4n) is 1.77. The molecule has 0 aliphatic carbocycles. The molecule has 1 aromatic rings. The van der Waals surface area contributed by atoms with E-state index in [-0.39, 0.29) is 11.1 Å². The number of hydrogen-bond acceptors (Lipinski definition) is 4. The highest BCUT2D eigenvalue weighted by Gasteiger charge is 2.39. The molecule has 130 valence electrons. The highest BCUT2D eigenvalue weighted by molar-refractivity contribution is 7.99. The Kier molecular flexibility index (Phi) is 7.32. The van der Waals surface area contributed by atoms with Gasteiger partial charge in [0, 0.05) is 11.5 Å². The quantitative estimate of drug-likeness (QED) is 0.692. The molecule has 1 aromatic carbocycles. The minimum atomic E-state index is -1.91. The smallest absolute Gasteiger partial charge is 0.321 e. The third-order valence-electron chi connectivity index (χ3n) is 4.30. The van der Waals surface area contributed by atoms with Crippen LogP contribution in [0.3, 0.4) is 0 Å². The summed E-state index contributed by atoms with van der Waals surface area (Å²) in [6.45, 7) is 11.1. The number of nitrogens with two attached hydrogens (primary N) is 1. The van der Waals surface area contributed by atoms with Crippen LogP contribution < -0.4 is 5.73 Å². The molecular formula is C17H29NO3SSi. The van der Waals surface area contributed by atoms with Crippen molar-refractivity contribution in [3.63, 3.8) is 0 Å². The van der Waals surface area contributed by atoms with Crippen LogP contribution in [0.5, 0.6) is 0 Å². The number of hydrogen-bond donors (Lipinski definition) is 2. The zero-order valence-electron chi connectivity index (χ0n) is 14.7. The van der Waals surface area contributed by atoms with Crippen molar-refractivity contribution in [3.05, 3.63) is 35.9 Å². The first-order valence-electron chi connectivity index (χ1n) is 7.83. The number of rotatable bonds is 8. The second kappa shape index (κ2) is 8.33. The maximum absolute atomic E-state index is 10.8. The Balaban J connectivity index is 2.81. The van der Waals surface area contributed by atoms with Gasteiger partial charge < -0.3 is 15.3 Å². The minimum absolute atomic E-state index is 0.0388. The molecule has 0 heterocycles. The van der Waals surface area contributed by atoms with Crippen LogP contribution in [0.1, 0.15) is 32.4 Å². The molecule has 0 spiro atoms. The standard InChI is InChI=1S/C17H29NO3SSi/c1-17(2,3)23(4,5)21-15(13-9-7-6-8-10-13)12-22-11-14(18)16(19)20/h6-10,14-15H,11-12,18H2,1-5H3,(H,19,20)/t14-,15?/m0/s1. The maximum Gasteiger partial charge on any atom is 0.321 e. The lowest BCUT2D eigenvalue weighted by molar-refractivity contribution is -0.137. The van der Waals surface area contributed by atoms with Crippen LogP contribution in [0, 0.1) is 0 Å². The number of carboxylic acid groups (broad SMARTS) is 1. The summed E-state index contributed by atoms with van der Waals surface area (Å²) >= 11 is 1.54. The summed E-state index contributed by atoms with van der Waals surface area (Å²) in [4.78, 5) is 10.8. The first-order chi connectivity index (χ1) is 10.5. The van der Waals surface area contributed by atoms with Crippen molar-refractivity contribution in [2.75, 3.05) is 11.5 Å². The predicted molar refractivity (Wildman–Crippen MR) is 100 cm³/mol. The lowest BCUT2D eigenvalue weighted by Gasteiger charge is -2.39. The molecule has 0 aromatic heterocycles. The number of carboxylic acids is 1. The Bertz CT molecular complexity index is 502. The van der Waals surface area contributed by atoms with Gasteiger partial charge in [0.1, 0.15) is 6.04 Å². The van der Waals surface area contributed by atoms with Crippen molar-refractivity contribution in [1.29, 1.82) is 0 Å². The number of carbonyl (C=O) groups is 1. The van der Waals surface area contributed by atoms with Crippen LogP contribution >= 0.6 is 11.8 Å². The van der Waals surface area contributed by atoms with E-state index in [0.717, 1.165) is 5.56 Å². The highest BCUT2D eigenvalue weighted by atomic mass is 32.2. The monoisotopic (exact) mass is 355 g/mol. The Hall–Kier alpha value is -0.823. The Morgan fingerprint density at radius 1 is 1.26 bits per heavy atom. The summed E-state index contributed by atoms with van der Waals surface area (Å²) in [6, 6.07) is 9.30. The second-order valence-electron chi connectivity index (χ2n) is 7.26. The van der Waals surface area contributed by atoms with Crippen molar-refractivity contribution in [2.45, 2.75) is 51.0 Å². The zero-order valence-corrected chi connectivity index (χ0v) is 16.5. The van der Waals surface area contributed by atoms with E-state index < -0.39 is 20.3 Å². The summed E-state index contributed by atoms with van der Waals surface area (Å²) in [6.07, 6.45) is -0.0388. The van der Waals surface area contributed by atoms with Crippen molar-refractivity contribution < 1.29 is 14.3 Å². The van der Waals surface area contributed by atoms with Crippen molar-refractivity contribution in [1.82, 2.24) is 0 Å². The number of thioether (sulfide) groups is 1. The summed E-state index contributed by atoms with van der Waals surface area (Å²) < 4.78 is 6.56. The van der Waals surface area contributed by atoms with Gasteiger partial charge in [0.25, 0.3) is 0 Å². The summed E-state index contributed by atoms with van der Waals surface area (Å²) in [5.41, 5.74) is 6.72. The molecule has 23 heavy (non-hydrogen) atoms. The van der Waals surface area contributed by atoms with Gasteiger partial charge in [0.15, 0.2) is 8.32 Å². The highest BCUT2D eigenvalue weighted by Crippen LogP contribution is 2.40. The molecule has 1 rings (SSSR count). The fraction of sp³-hybridized carbons (Fsp3) is 0.588. The molecule has 2 atom stereocenters. The van der Waals surface area contributed by atoms with E-state index in [0.29, 0.717) is 11.5 Å². The van der Waals surface area contributed by atoms with Crippen molar-refractivity contribution in [3.8, 4) is 0 Å². The molecule has 0 bridgehead atoms. The summed E-state index contributed by atoms with van der Waals surface area (Å²) in [5, 5.41) is 9.02. The third kappa shape index (κ3) is 6.29. The van der Waals surface area contributed by atoms with Crippen molar-refractivity contribution >= 4 is 26.0 Å². The Labute approximate surface area is 144 Å². The molecule has 3 N–H and O–H groups in total. The van der Waals surface area contributed by atoms with Gasteiger partial charge in [-0.1, -0.05) is 51.1 Å². The largest absolute Gasteiger partial charge is 0.480 e. The van der Waals surface area contributed by atoms with Crippen LogP contribution in [-0.4, -0.2) is 36.9 Å². The van der Waals surface area contributed by atoms with Crippen LogP contribution in [0.15, 0.2) is 30.3 Å². The predicted octanol–water partition coefficient (Wildman–Crippen LogP) is 3.89. The number of benzene rings is 1. The molecule has 0 fully saturated rings. The van der Waals surface area contributed by atoms with Crippen LogP contribution in [0.4, 0.5) is 0 Å². The van der Waals surface area contributed by atoms with Gasteiger partial charge in [-0.25, -0.2) is 0 Å². The average Bonchev–Trinajstić information content (AvgIpc) is 2.45. The van der Waals surface area contributed by atoms with E-state index in [2.05, 4.69) is 46.0 Å². The molecule has 6 heteroatoms. The second-order valence-corrected chi connectivity index (χ2v) is 13.1. The lowest BCUT2D eigenvalue weighted by atomic mass is 10.1. The molecule has 0 saturated carbocycles. The first-order valence-corrected chi connectivity index (χ1v) is 11.9. The van der Waals surface area contributed by atoms with Crippen LogP contribution in [0.25, 0.3) is 0 Å². The van der Waals surface area contributed by atoms with Gasteiger partial charge in [-0.15, -0.1) is 0 Å². The van der Waals surface area contributed by atoms with Crippen LogP contribution in [-0.2, 0) is 9.22 Å². The molecule has 0 amide bonds. The van der Waals surface area contributed by atoms with Gasteiger partial charge in [-0.05, 0) is 23.7 Å². The SMILES string of the molecule is CC(C)(C)[Si](C)(C)OC(CSC[C@H](N)C(=O)O)c1ccccc1. The summed E-state index contributed by atoms with van der Waals surface area (Å²) in [5.74, 6) is 0.135. The van der Waals surface area contributed by atoms with E-state index in [1.807, 2.05) is 18.2 Å². The number of aliphatic carboxylic acids is 1. The molecule has 4 nitrogen and oxygen atoms in total. The van der Waals surface area contributed by atoms with Gasteiger partial charge in [0.05, 0.1) is 6.10 Å². The summed E-state index contributed by atoms with van der Waals surface area (Å²) in [7, 11) is -1.91. The van der Waals surface area contributed by atoms with Gasteiger partial charge in [-0.2, -0.15) is 11.8 Å². The first kappa shape index (κ1) is 20.2. The van der Waals surface area contributed by atoms with Gasteiger partial charge in [0.2, 0.25) is 0 Å².